The fourth-order valence-corrected chi connectivity index (χ4v) is 4.57. The maximum Gasteiger partial charge on any atom is 0.139 e. The standard InChI is InChI=1S/C30H62N8O2/c1-29(39,37-25-11-23-35-19-7-5-17-33-21-9-15-31)27-13-3-4-14-28(27)30(2,40)38-26-12-24-36-20-8-6-18-34-22-10-16-32/h3-4,13-14,33-40H,5-12,15-26,31-32H2,1-2H3. The van der Waals surface area contributed by atoms with Crippen molar-refractivity contribution in [1.29, 1.82) is 0 Å². The van der Waals surface area contributed by atoms with Crippen LogP contribution in [0.5, 0.6) is 0 Å². The van der Waals surface area contributed by atoms with Crippen LogP contribution in [0.4, 0.5) is 0 Å². The van der Waals surface area contributed by atoms with Gasteiger partial charge in [0.15, 0.2) is 0 Å². The number of nitrogens with two attached hydrogens (primary N) is 2. The molecule has 0 fully saturated rings. The van der Waals surface area contributed by atoms with E-state index < -0.39 is 11.4 Å². The molecule has 1 aromatic rings. The predicted molar refractivity (Wildman–Crippen MR) is 168 cm³/mol. The molecule has 0 radical (unpaired) electrons. The van der Waals surface area contributed by atoms with Crippen LogP contribution < -0.4 is 43.4 Å². The number of unbranched alkanes of at least 4 members (excludes halogenated alkanes) is 2. The van der Waals surface area contributed by atoms with Crippen molar-refractivity contribution in [3.8, 4) is 0 Å². The van der Waals surface area contributed by atoms with Crippen molar-refractivity contribution in [1.82, 2.24) is 31.9 Å². The SMILES string of the molecule is CC(O)(NCCCNCCCCNCCCN)c1ccccc1C(C)(O)NCCCNCCCCNCCCN. The molecule has 40 heavy (non-hydrogen) atoms. The minimum Gasteiger partial charge on any atom is -0.372 e. The maximum atomic E-state index is 11.3. The molecule has 0 spiro atoms. The quantitative estimate of drug-likeness (QED) is 0.0513. The van der Waals surface area contributed by atoms with Gasteiger partial charge in [0.2, 0.25) is 0 Å². The van der Waals surface area contributed by atoms with Crippen LogP contribution in [0.1, 0.15) is 76.3 Å². The van der Waals surface area contributed by atoms with Gasteiger partial charge in [0, 0.05) is 11.1 Å². The Morgan fingerprint density at radius 2 is 0.800 bits per heavy atom. The van der Waals surface area contributed by atoms with E-state index in [0.717, 1.165) is 117 Å². The summed E-state index contributed by atoms with van der Waals surface area (Å²) in [6, 6.07) is 7.56. The van der Waals surface area contributed by atoms with Crippen molar-refractivity contribution in [3.63, 3.8) is 0 Å². The third kappa shape index (κ3) is 17.6. The summed E-state index contributed by atoms with van der Waals surface area (Å²) in [5.41, 5.74) is 9.85. The van der Waals surface area contributed by atoms with E-state index in [4.69, 9.17) is 11.5 Å². The normalized spacial score (nSPS) is 14.8. The average Bonchev–Trinajstić information content (AvgIpc) is 2.94. The van der Waals surface area contributed by atoms with Crippen molar-refractivity contribution in [2.45, 2.75) is 76.7 Å². The molecule has 12 N–H and O–H groups in total. The summed E-state index contributed by atoms with van der Waals surface area (Å²) in [5, 5.41) is 42.8. The number of nitrogens with one attached hydrogen (secondary N) is 6. The molecule has 0 saturated carbocycles. The van der Waals surface area contributed by atoms with Gasteiger partial charge in [-0.2, -0.15) is 0 Å². The second kappa shape index (κ2) is 23.4. The Morgan fingerprint density at radius 3 is 1.12 bits per heavy atom. The Labute approximate surface area is 244 Å². The zero-order valence-corrected chi connectivity index (χ0v) is 25.5. The summed E-state index contributed by atoms with van der Waals surface area (Å²) >= 11 is 0. The van der Waals surface area contributed by atoms with E-state index in [2.05, 4.69) is 31.9 Å². The molecule has 0 saturated heterocycles. The first-order chi connectivity index (χ1) is 19.3. The highest BCUT2D eigenvalue weighted by Crippen LogP contribution is 2.29. The largest absolute Gasteiger partial charge is 0.372 e. The molecular formula is C30H62N8O2. The molecule has 0 aromatic heterocycles. The minimum atomic E-state index is -1.25. The van der Waals surface area contributed by atoms with Crippen molar-refractivity contribution >= 4 is 0 Å². The van der Waals surface area contributed by atoms with Crippen LogP contribution in [0.15, 0.2) is 24.3 Å². The van der Waals surface area contributed by atoms with E-state index in [0.29, 0.717) is 24.2 Å². The zero-order chi connectivity index (χ0) is 29.4. The Kier molecular flexibility index (Phi) is 21.5. The third-order valence-corrected chi connectivity index (χ3v) is 7.00. The fraction of sp³-hybridized carbons (Fsp3) is 0.800. The van der Waals surface area contributed by atoms with Crippen LogP contribution >= 0.6 is 0 Å². The molecule has 0 amide bonds. The summed E-state index contributed by atoms with van der Waals surface area (Å²) in [6.45, 7) is 14.2. The molecule has 10 nitrogen and oxygen atoms in total. The summed E-state index contributed by atoms with van der Waals surface area (Å²) in [6.07, 6.45) is 8.45. The highest BCUT2D eigenvalue weighted by Gasteiger charge is 2.32. The first-order valence-corrected chi connectivity index (χ1v) is 15.6. The molecular weight excluding hydrogens is 504 g/mol. The van der Waals surface area contributed by atoms with E-state index in [-0.39, 0.29) is 0 Å². The minimum absolute atomic E-state index is 0.667. The third-order valence-electron chi connectivity index (χ3n) is 7.00. The van der Waals surface area contributed by atoms with Gasteiger partial charge in [0.1, 0.15) is 11.4 Å². The van der Waals surface area contributed by atoms with Gasteiger partial charge in [-0.1, -0.05) is 24.3 Å². The summed E-state index contributed by atoms with van der Waals surface area (Å²) in [4.78, 5) is 0. The molecule has 0 aliphatic rings. The molecule has 2 unspecified atom stereocenters. The van der Waals surface area contributed by atoms with Gasteiger partial charge in [-0.3, -0.25) is 10.6 Å². The van der Waals surface area contributed by atoms with Gasteiger partial charge < -0.3 is 42.9 Å². The first kappa shape index (κ1) is 36.8. The lowest BCUT2D eigenvalue weighted by Crippen LogP contribution is -2.46. The van der Waals surface area contributed by atoms with Crippen LogP contribution in [0.3, 0.4) is 0 Å². The molecule has 2 atom stereocenters. The first-order valence-electron chi connectivity index (χ1n) is 15.6. The van der Waals surface area contributed by atoms with Gasteiger partial charge in [-0.05, 0) is 144 Å². The van der Waals surface area contributed by atoms with Gasteiger partial charge >= 0.3 is 0 Å². The van der Waals surface area contributed by atoms with Crippen molar-refractivity contribution in [2.75, 3.05) is 78.5 Å². The van der Waals surface area contributed by atoms with E-state index in [1.54, 1.807) is 13.8 Å². The molecule has 10 heteroatoms. The Hall–Kier alpha value is -1.18. The van der Waals surface area contributed by atoms with E-state index in [9.17, 15) is 10.2 Å². The van der Waals surface area contributed by atoms with Gasteiger partial charge in [0.25, 0.3) is 0 Å². The maximum absolute atomic E-state index is 11.3. The van der Waals surface area contributed by atoms with Crippen LogP contribution in [0.25, 0.3) is 0 Å². The van der Waals surface area contributed by atoms with Gasteiger partial charge in [-0.25, -0.2) is 0 Å². The van der Waals surface area contributed by atoms with Gasteiger partial charge in [0.05, 0.1) is 0 Å². The number of hydrogen-bond donors (Lipinski definition) is 10. The summed E-state index contributed by atoms with van der Waals surface area (Å²) < 4.78 is 0. The van der Waals surface area contributed by atoms with E-state index >= 15 is 0 Å². The lowest BCUT2D eigenvalue weighted by atomic mass is 9.91. The van der Waals surface area contributed by atoms with Crippen molar-refractivity contribution in [3.05, 3.63) is 35.4 Å². The average molecular weight is 567 g/mol. The molecule has 0 bridgehead atoms. The van der Waals surface area contributed by atoms with E-state index in [1.807, 2.05) is 24.3 Å². The summed E-state index contributed by atoms with van der Waals surface area (Å²) in [5.74, 6) is 0. The predicted octanol–water partition coefficient (Wildman–Crippen LogP) is 0.592. The van der Waals surface area contributed by atoms with Crippen LogP contribution in [-0.2, 0) is 11.4 Å². The molecule has 0 aliphatic heterocycles. The molecule has 234 valence electrons. The molecule has 0 heterocycles. The van der Waals surface area contributed by atoms with E-state index in [1.165, 1.54) is 0 Å². The zero-order valence-electron chi connectivity index (χ0n) is 25.5. The molecule has 1 rings (SSSR count). The second-order valence-corrected chi connectivity index (χ2v) is 10.9. The highest BCUT2D eigenvalue weighted by atomic mass is 16.3. The molecule has 1 aromatic carbocycles. The lowest BCUT2D eigenvalue weighted by molar-refractivity contribution is -0.00505. The number of hydrogen-bond acceptors (Lipinski definition) is 10. The molecule has 0 aliphatic carbocycles. The number of aliphatic hydroxyl groups is 2. The van der Waals surface area contributed by atoms with Crippen LogP contribution in [-0.4, -0.2) is 88.8 Å². The number of rotatable bonds is 28. The Bertz CT molecular complexity index is 662. The highest BCUT2D eigenvalue weighted by molar-refractivity contribution is 5.35. The van der Waals surface area contributed by atoms with Crippen molar-refractivity contribution < 1.29 is 10.2 Å². The van der Waals surface area contributed by atoms with Crippen LogP contribution in [0.2, 0.25) is 0 Å². The number of benzene rings is 1. The monoisotopic (exact) mass is 566 g/mol. The Morgan fingerprint density at radius 1 is 0.500 bits per heavy atom. The fourth-order valence-electron chi connectivity index (χ4n) is 4.57. The topological polar surface area (TPSA) is 165 Å². The smallest absolute Gasteiger partial charge is 0.139 e. The second-order valence-electron chi connectivity index (χ2n) is 10.9. The van der Waals surface area contributed by atoms with Gasteiger partial charge in [-0.15, -0.1) is 0 Å². The van der Waals surface area contributed by atoms with Crippen molar-refractivity contribution in [2.24, 2.45) is 11.5 Å². The lowest BCUT2D eigenvalue weighted by Gasteiger charge is -2.34. The Balaban J connectivity index is 2.28. The van der Waals surface area contributed by atoms with Crippen LogP contribution in [0, 0.1) is 0 Å². The summed E-state index contributed by atoms with van der Waals surface area (Å²) in [7, 11) is 0.